The van der Waals surface area contributed by atoms with Crippen LogP contribution in [0.1, 0.15) is 19.4 Å². The lowest BCUT2D eigenvalue weighted by atomic mass is 10.1. The van der Waals surface area contributed by atoms with Gasteiger partial charge in [-0.25, -0.2) is 4.79 Å². The quantitative estimate of drug-likeness (QED) is 0.508. The van der Waals surface area contributed by atoms with Gasteiger partial charge in [-0.05, 0) is 43.7 Å². The van der Waals surface area contributed by atoms with E-state index in [9.17, 15) is 9.59 Å². The number of methoxy groups -OCH3 is 1. The van der Waals surface area contributed by atoms with Gasteiger partial charge < -0.3 is 24.8 Å². The standard InChI is InChI=1S/C28H34N6O3/c1-21(2)29-28(36)34(19-22-8-5-4-6-9-22)20-27(35)33-16-14-32(15-17-33)26-13-12-25(30-31-26)23-10-7-11-24(18-23)37-3/h4-13,18,21H,14-17,19-20H2,1-3H3,(H,29,36). The van der Waals surface area contributed by atoms with E-state index in [1.165, 1.54) is 0 Å². The third-order valence-electron chi connectivity index (χ3n) is 6.21. The van der Waals surface area contributed by atoms with Crippen LogP contribution in [-0.2, 0) is 11.3 Å². The van der Waals surface area contributed by atoms with Gasteiger partial charge in [0.25, 0.3) is 0 Å². The van der Waals surface area contributed by atoms with Crippen LogP contribution in [0.25, 0.3) is 11.3 Å². The maximum absolute atomic E-state index is 13.1. The first kappa shape index (κ1) is 25.9. The zero-order valence-electron chi connectivity index (χ0n) is 21.6. The van der Waals surface area contributed by atoms with Crippen molar-refractivity contribution in [3.63, 3.8) is 0 Å². The maximum atomic E-state index is 13.1. The van der Waals surface area contributed by atoms with Crippen LogP contribution in [-0.4, -0.2) is 77.8 Å². The van der Waals surface area contributed by atoms with Crippen molar-refractivity contribution in [1.29, 1.82) is 0 Å². The minimum absolute atomic E-state index is 0.0131. The van der Waals surface area contributed by atoms with E-state index in [2.05, 4.69) is 20.4 Å². The van der Waals surface area contributed by atoms with Gasteiger partial charge in [0, 0.05) is 44.3 Å². The van der Waals surface area contributed by atoms with Crippen LogP contribution in [0.15, 0.2) is 66.7 Å². The molecule has 37 heavy (non-hydrogen) atoms. The molecule has 194 valence electrons. The number of rotatable bonds is 8. The SMILES string of the molecule is COc1cccc(-c2ccc(N3CCN(C(=O)CN(Cc4ccccc4)C(=O)NC(C)C)CC3)nn2)c1. The third kappa shape index (κ3) is 6.97. The minimum Gasteiger partial charge on any atom is -0.497 e. The molecule has 9 heteroatoms. The Kier molecular flexibility index (Phi) is 8.56. The molecule has 2 heterocycles. The zero-order valence-corrected chi connectivity index (χ0v) is 21.6. The third-order valence-corrected chi connectivity index (χ3v) is 6.21. The van der Waals surface area contributed by atoms with Gasteiger partial charge in [-0.1, -0.05) is 42.5 Å². The number of benzene rings is 2. The average Bonchev–Trinajstić information content (AvgIpc) is 2.93. The highest BCUT2D eigenvalue weighted by atomic mass is 16.5. The molecule has 4 rings (SSSR count). The number of hydrogen-bond acceptors (Lipinski definition) is 6. The van der Waals surface area contributed by atoms with Crippen LogP contribution in [0, 0.1) is 0 Å². The molecule has 0 radical (unpaired) electrons. The van der Waals surface area contributed by atoms with Crippen molar-refractivity contribution in [2.45, 2.75) is 26.4 Å². The molecule has 0 saturated carbocycles. The zero-order chi connectivity index (χ0) is 26.2. The van der Waals surface area contributed by atoms with E-state index in [1.807, 2.05) is 85.5 Å². The normalized spacial score (nSPS) is 13.4. The fourth-order valence-corrected chi connectivity index (χ4v) is 4.22. The maximum Gasteiger partial charge on any atom is 0.318 e. The van der Waals surface area contributed by atoms with E-state index in [4.69, 9.17) is 4.74 Å². The summed E-state index contributed by atoms with van der Waals surface area (Å²) in [5, 5.41) is 11.7. The summed E-state index contributed by atoms with van der Waals surface area (Å²) < 4.78 is 5.29. The molecule has 1 fully saturated rings. The Morgan fingerprint density at radius 2 is 1.73 bits per heavy atom. The highest BCUT2D eigenvalue weighted by molar-refractivity contribution is 5.84. The molecular weight excluding hydrogens is 468 g/mol. The topological polar surface area (TPSA) is 90.9 Å². The molecule has 1 aliphatic heterocycles. The van der Waals surface area contributed by atoms with E-state index < -0.39 is 0 Å². The summed E-state index contributed by atoms with van der Waals surface area (Å²) >= 11 is 0. The number of amides is 3. The summed E-state index contributed by atoms with van der Waals surface area (Å²) in [5.74, 6) is 1.49. The molecule has 3 amide bonds. The monoisotopic (exact) mass is 502 g/mol. The number of ether oxygens (including phenoxy) is 1. The van der Waals surface area contributed by atoms with Gasteiger partial charge in [-0.3, -0.25) is 4.79 Å². The van der Waals surface area contributed by atoms with E-state index in [0.717, 1.165) is 28.4 Å². The molecule has 3 aromatic rings. The molecule has 0 spiro atoms. The molecule has 0 aliphatic carbocycles. The van der Waals surface area contributed by atoms with Crippen molar-refractivity contribution < 1.29 is 14.3 Å². The number of nitrogens with one attached hydrogen (secondary N) is 1. The van der Waals surface area contributed by atoms with Gasteiger partial charge in [0.2, 0.25) is 5.91 Å². The summed E-state index contributed by atoms with van der Waals surface area (Å²) in [5.41, 5.74) is 2.69. The fraction of sp³-hybridized carbons (Fsp3) is 0.357. The van der Waals surface area contributed by atoms with E-state index in [0.29, 0.717) is 32.7 Å². The average molecular weight is 503 g/mol. The van der Waals surface area contributed by atoms with Crippen molar-refractivity contribution >= 4 is 17.8 Å². The summed E-state index contributed by atoms with van der Waals surface area (Å²) in [4.78, 5) is 31.4. The summed E-state index contributed by atoms with van der Waals surface area (Å²) in [6.07, 6.45) is 0. The van der Waals surface area contributed by atoms with Crippen LogP contribution >= 0.6 is 0 Å². The lowest BCUT2D eigenvalue weighted by Crippen LogP contribution is -2.53. The van der Waals surface area contributed by atoms with Gasteiger partial charge in [-0.15, -0.1) is 10.2 Å². The molecule has 0 bridgehead atoms. The number of anilines is 1. The fourth-order valence-electron chi connectivity index (χ4n) is 4.22. The predicted molar refractivity (Wildman–Crippen MR) is 143 cm³/mol. The molecule has 2 aromatic carbocycles. The molecule has 1 N–H and O–H groups in total. The largest absolute Gasteiger partial charge is 0.497 e. The van der Waals surface area contributed by atoms with Crippen molar-refractivity contribution in [3.05, 3.63) is 72.3 Å². The van der Waals surface area contributed by atoms with Crippen molar-refractivity contribution in [3.8, 4) is 17.0 Å². The number of carbonyl (C=O) groups excluding carboxylic acids is 2. The second kappa shape index (κ2) is 12.2. The van der Waals surface area contributed by atoms with Gasteiger partial charge in [0.15, 0.2) is 5.82 Å². The Morgan fingerprint density at radius 1 is 0.973 bits per heavy atom. The number of aromatic nitrogens is 2. The lowest BCUT2D eigenvalue weighted by molar-refractivity contribution is -0.132. The molecule has 1 aromatic heterocycles. The first-order chi connectivity index (χ1) is 17.9. The van der Waals surface area contributed by atoms with Crippen molar-refractivity contribution in [2.75, 3.05) is 44.7 Å². The van der Waals surface area contributed by atoms with Gasteiger partial charge in [-0.2, -0.15) is 0 Å². The Balaban J connectivity index is 1.34. The van der Waals surface area contributed by atoms with Crippen LogP contribution in [0.5, 0.6) is 5.75 Å². The number of urea groups is 1. The van der Waals surface area contributed by atoms with Crippen LogP contribution in [0.2, 0.25) is 0 Å². The highest BCUT2D eigenvalue weighted by Crippen LogP contribution is 2.23. The Hall–Kier alpha value is -4.14. The van der Waals surface area contributed by atoms with E-state index >= 15 is 0 Å². The van der Waals surface area contributed by atoms with Gasteiger partial charge >= 0.3 is 6.03 Å². The number of hydrogen-bond donors (Lipinski definition) is 1. The molecule has 0 atom stereocenters. The lowest BCUT2D eigenvalue weighted by Gasteiger charge is -2.36. The second-order valence-corrected chi connectivity index (χ2v) is 9.32. The van der Waals surface area contributed by atoms with Crippen LogP contribution < -0.4 is 15.0 Å². The van der Waals surface area contributed by atoms with Gasteiger partial charge in [0.05, 0.1) is 12.8 Å². The summed E-state index contributed by atoms with van der Waals surface area (Å²) in [7, 11) is 1.64. The second-order valence-electron chi connectivity index (χ2n) is 9.32. The molecule has 1 saturated heterocycles. The Morgan fingerprint density at radius 3 is 2.38 bits per heavy atom. The molecular formula is C28H34N6O3. The van der Waals surface area contributed by atoms with Crippen molar-refractivity contribution in [1.82, 2.24) is 25.3 Å². The minimum atomic E-state index is -0.239. The summed E-state index contributed by atoms with van der Waals surface area (Å²) in [6.45, 7) is 6.64. The number of nitrogens with zero attached hydrogens (tertiary/aromatic N) is 5. The number of piperazine rings is 1. The smallest absolute Gasteiger partial charge is 0.318 e. The molecule has 9 nitrogen and oxygen atoms in total. The predicted octanol–water partition coefficient (Wildman–Crippen LogP) is 3.42. The first-order valence-electron chi connectivity index (χ1n) is 12.5. The van der Waals surface area contributed by atoms with Crippen LogP contribution in [0.3, 0.4) is 0 Å². The number of carbonyl (C=O) groups is 2. The Labute approximate surface area is 218 Å². The molecule has 0 unspecified atom stereocenters. The van der Waals surface area contributed by atoms with Crippen LogP contribution in [0.4, 0.5) is 10.6 Å². The van der Waals surface area contributed by atoms with Crippen molar-refractivity contribution in [2.24, 2.45) is 0 Å². The van der Waals surface area contributed by atoms with E-state index in [-0.39, 0.29) is 24.5 Å². The van der Waals surface area contributed by atoms with E-state index in [1.54, 1.807) is 12.0 Å². The summed E-state index contributed by atoms with van der Waals surface area (Å²) in [6, 6.07) is 21.1. The van der Waals surface area contributed by atoms with Gasteiger partial charge in [0.1, 0.15) is 12.3 Å². The Bertz CT molecular complexity index is 1180. The first-order valence-corrected chi connectivity index (χ1v) is 12.5. The highest BCUT2D eigenvalue weighted by Gasteiger charge is 2.26. The molecule has 1 aliphatic rings.